The van der Waals surface area contributed by atoms with Crippen LogP contribution in [0.1, 0.15) is 43.5 Å². The summed E-state index contributed by atoms with van der Waals surface area (Å²) >= 11 is 0. The van der Waals surface area contributed by atoms with Gasteiger partial charge in [0.2, 0.25) is 11.8 Å². The molecule has 4 rings (SSSR count). The molecule has 0 bridgehead atoms. The predicted octanol–water partition coefficient (Wildman–Crippen LogP) is 4.80. The normalized spacial score (nSPS) is 14.4. The number of nitrogens with one attached hydrogen (secondary N) is 1. The van der Waals surface area contributed by atoms with Gasteiger partial charge >= 0.3 is 12.1 Å². The van der Waals surface area contributed by atoms with Crippen LogP contribution < -0.4 is 10.1 Å². The molecule has 1 saturated carbocycles. The smallest absolute Gasteiger partial charge is 0.414 e. The second kappa shape index (κ2) is 10.7. The fraction of sp³-hybridized carbons (Fsp3) is 0.320. The van der Waals surface area contributed by atoms with Crippen molar-refractivity contribution < 1.29 is 28.7 Å². The summed E-state index contributed by atoms with van der Waals surface area (Å²) in [6.45, 7) is 1.76. The van der Waals surface area contributed by atoms with Crippen LogP contribution in [-0.2, 0) is 9.53 Å². The van der Waals surface area contributed by atoms with E-state index in [-0.39, 0.29) is 29.6 Å². The first kappa shape index (κ1) is 23.8. The van der Waals surface area contributed by atoms with Crippen LogP contribution in [0.2, 0.25) is 0 Å². The number of anilines is 1. The lowest BCUT2D eigenvalue weighted by Crippen LogP contribution is -2.22. The van der Waals surface area contributed by atoms with Crippen molar-refractivity contribution in [2.24, 2.45) is 11.8 Å². The van der Waals surface area contributed by atoms with Gasteiger partial charge in [0.05, 0.1) is 11.5 Å². The minimum atomic E-state index is -0.888. The van der Waals surface area contributed by atoms with Crippen LogP contribution in [-0.4, -0.2) is 33.9 Å². The summed E-state index contributed by atoms with van der Waals surface area (Å²) in [5, 5.41) is 25.0. The highest BCUT2D eigenvalue weighted by Crippen LogP contribution is 2.36. The highest BCUT2D eigenvalue weighted by Gasteiger charge is 2.30. The van der Waals surface area contributed by atoms with Crippen molar-refractivity contribution in [3.8, 4) is 23.1 Å². The highest BCUT2D eigenvalue weighted by molar-refractivity contribution is 5.90. The largest absolute Gasteiger partial charge is 0.481 e. The fourth-order valence-electron chi connectivity index (χ4n) is 3.59. The topological polar surface area (TPSA) is 148 Å². The number of nitriles is 1. The van der Waals surface area contributed by atoms with Crippen molar-refractivity contribution >= 4 is 17.9 Å². The third-order valence-corrected chi connectivity index (χ3v) is 5.69. The van der Waals surface area contributed by atoms with E-state index in [0.717, 1.165) is 18.4 Å². The summed E-state index contributed by atoms with van der Waals surface area (Å²) in [6, 6.07) is 14.3. The average molecular weight is 476 g/mol. The predicted molar refractivity (Wildman–Crippen MR) is 123 cm³/mol. The van der Waals surface area contributed by atoms with Gasteiger partial charge in [-0.25, -0.2) is 9.78 Å². The molecule has 0 radical (unpaired) electrons. The number of nitrogens with zero attached hydrogens (tertiary/aromatic N) is 3. The van der Waals surface area contributed by atoms with Gasteiger partial charge in [-0.3, -0.25) is 10.1 Å². The molecule has 1 aromatic carbocycles. The van der Waals surface area contributed by atoms with E-state index >= 15 is 0 Å². The van der Waals surface area contributed by atoms with E-state index in [1.54, 1.807) is 19.1 Å². The van der Waals surface area contributed by atoms with Crippen LogP contribution in [0.3, 0.4) is 0 Å². The molecule has 3 aromatic rings. The molecule has 180 valence electrons. The van der Waals surface area contributed by atoms with E-state index in [0.29, 0.717) is 17.9 Å². The number of carboxylic acids is 1. The number of hydrogen-bond donors (Lipinski definition) is 2. The number of benzene rings is 1. The SMILES string of the molecule is CC(OC(=O)Nc1onc(C#N)c1-c1ccc(OCC(CC2CC2)C(=O)O)nc1)c1ccccc1. The molecule has 2 atom stereocenters. The van der Waals surface area contributed by atoms with Crippen LogP contribution in [0, 0.1) is 23.2 Å². The number of aliphatic carboxylic acids is 1. The molecule has 1 aliphatic carbocycles. The van der Waals surface area contributed by atoms with E-state index in [1.807, 2.05) is 36.4 Å². The van der Waals surface area contributed by atoms with Crippen molar-refractivity contribution in [1.82, 2.24) is 10.1 Å². The summed E-state index contributed by atoms with van der Waals surface area (Å²) in [6.07, 6.45) is 2.87. The maximum Gasteiger partial charge on any atom is 0.414 e. The van der Waals surface area contributed by atoms with Crippen LogP contribution in [0.15, 0.2) is 53.2 Å². The zero-order chi connectivity index (χ0) is 24.8. The lowest BCUT2D eigenvalue weighted by molar-refractivity contribution is -0.143. The zero-order valence-corrected chi connectivity index (χ0v) is 19.0. The molecule has 0 spiro atoms. The van der Waals surface area contributed by atoms with Gasteiger partial charge in [-0.1, -0.05) is 48.3 Å². The van der Waals surface area contributed by atoms with E-state index in [4.69, 9.17) is 14.0 Å². The molecule has 1 amide bonds. The lowest BCUT2D eigenvalue weighted by Gasteiger charge is -2.14. The molecule has 2 heterocycles. The van der Waals surface area contributed by atoms with Crippen LogP contribution >= 0.6 is 0 Å². The number of pyridine rings is 1. The van der Waals surface area contributed by atoms with Gasteiger partial charge in [0, 0.05) is 17.8 Å². The number of aromatic nitrogens is 2. The van der Waals surface area contributed by atoms with E-state index in [2.05, 4.69) is 15.5 Å². The summed E-state index contributed by atoms with van der Waals surface area (Å²) in [5.41, 5.74) is 1.48. The Morgan fingerprint density at radius 1 is 1.26 bits per heavy atom. The number of hydrogen-bond acceptors (Lipinski definition) is 8. The van der Waals surface area contributed by atoms with Crippen molar-refractivity contribution in [3.63, 3.8) is 0 Å². The summed E-state index contributed by atoms with van der Waals surface area (Å²) in [7, 11) is 0. The quantitative estimate of drug-likeness (QED) is 0.421. The first-order valence-corrected chi connectivity index (χ1v) is 11.2. The van der Waals surface area contributed by atoms with Gasteiger partial charge in [0.15, 0.2) is 5.69 Å². The van der Waals surface area contributed by atoms with Gasteiger partial charge in [-0.2, -0.15) is 5.26 Å². The van der Waals surface area contributed by atoms with Gasteiger partial charge in [-0.05, 0) is 30.9 Å². The minimum Gasteiger partial charge on any atom is -0.481 e. The van der Waals surface area contributed by atoms with E-state index in [9.17, 15) is 20.0 Å². The van der Waals surface area contributed by atoms with Gasteiger partial charge < -0.3 is 19.1 Å². The van der Waals surface area contributed by atoms with Gasteiger partial charge in [0.1, 0.15) is 18.8 Å². The first-order valence-electron chi connectivity index (χ1n) is 11.2. The minimum absolute atomic E-state index is 0.0210. The molecule has 10 nitrogen and oxygen atoms in total. The second-order valence-corrected chi connectivity index (χ2v) is 8.34. The average Bonchev–Trinajstić information content (AvgIpc) is 3.60. The first-order chi connectivity index (χ1) is 16.9. The van der Waals surface area contributed by atoms with E-state index < -0.39 is 24.1 Å². The molecular formula is C25H24N4O6. The number of carboxylic acid groups (broad SMARTS) is 1. The Morgan fingerprint density at radius 2 is 2.03 bits per heavy atom. The summed E-state index contributed by atoms with van der Waals surface area (Å²) in [5.74, 6) is -0.830. The molecule has 2 aromatic heterocycles. The molecule has 2 N–H and O–H groups in total. The summed E-state index contributed by atoms with van der Waals surface area (Å²) in [4.78, 5) is 28.1. The van der Waals surface area contributed by atoms with Crippen molar-refractivity contribution in [1.29, 1.82) is 5.26 Å². The molecule has 1 fully saturated rings. The lowest BCUT2D eigenvalue weighted by atomic mass is 10.0. The van der Waals surface area contributed by atoms with Gasteiger partial charge in [-0.15, -0.1) is 0 Å². The highest BCUT2D eigenvalue weighted by atomic mass is 16.6. The van der Waals surface area contributed by atoms with Crippen molar-refractivity contribution in [2.75, 3.05) is 11.9 Å². The third-order valence-electron chi connectivity index (χ3n) is 5.69. The Labute approximate surface area is 201 Å². The molecule has 2 unspecified atom stereocenters. The number of rotatable bonds is 10. The van der Waals surface area contributed by atoms with Gasteiger partial charge in [0.25, 0.3) is 0 Å². The molecule has 35 heavy (non-hydrogen) atoms. The van der Waals surface area contributed by atoms with Crippen molar-refractivity contribution in [3.05, 3.63) is 59.9 Å². The Hall–Kier alpha value is -4.39. The fourth-order valence-corrected chi connectivity index (χ4v) is 3.59. The summed E-state index contributed by atoms with van der Waals surface area (Å²) < 4.78 is 16.1. The van der Waals surface area contributed by atoms with Crippen molar-refractivity contribution in [2.45, 2.75) is 32.3 Å². The molecule has 0 aliphatic heterocycles. The zero-order valence-electron chi connectivity index (χ0n) is 19.0. The Bertz CT molecular complexity index is 1220. The molecule has 0 saturated heterocycles. The molecule has 1 aliphatic rings. The van der Waals surface area contributed by atoms with Crippen LogP contribution in [0.25, 0.3) is 11.1 Å². The van der Waals surface area contributed by atoms with Crippen LogP contribution in [0.4, 0.5) is 10.7 Å². The third kappa shape index (κ3) is 6.14. The standard InChI is InChI=1S/C25H24N4O6/c1-15(17-5-3-2-4-6-17)34-25(32)28-23-22(20(12-26)29-35-23)18-9-10-21(27-13-18)33-14-19(24(30)31)11-16-7-8-16/h2-6,9-10,13,15-16,19H,7-8,11,14H2,1H3,(H,28,32)(H,30,31). The van der Waals surface area contributed by atoms with Crippen LogP contribution in [0.5, 0.6) is 5.88 Å². The van der Waals surface area contributed by atoms with E-state index in [1.165, 1.54) is 6.20 Å². The molecule has 10 heteroatoms. The number of ether oxygens (including phenoxy) is 2. The Kier molecular flexibility index (Phi) is 7.26. The maximum absolute atomic E-state index is 12.4. The number of carbonyl (C=O) groups is 2. The second-order valence-electron chi connectivity index (χ2n) is 8.34. The molecular weight excluding hydrogens is 452 g/mol. The number of amides is 1. The Balaban J connectivity index is 1.43. The number of carbonyl (C=O) groups excluding carboxylic acids is 1. The Morgan fingerprint density at radius 3 is 2.66 bits per heavy atom. The maximum atomic E-state index is 12.4. The monoisotopic (exact) mass is 476 g/mol.